The molecule has 6 heteroatoms. The lowest BCUT2D eigenvalue weighted by atomic mass is 10.1. The molecule has 3 N–H and O–H groups in total. The molecule has 2 saturated heterocycles. The lowest BCUT2D eigenvalue weighted by molar-refractivity contribution is -0.136. The van der Waals surface area contributed by atoms with Gasteiger partial charge in [-0.1, -0.05) is 0 Å². The van der Waals surface area contributed by atoms with E-state index in [4.69, 9.17) is 5.73 Å². The molecule has 0 saturated carbocycles. The number of nitrogens with two attached hydrogens (primary N) is 1. The van der Waals surface area contributed by atoms with Gasteiger partial charge in [-0.2, -0.15) is 0 Å². The number of hydrogen-bond acceptors (Lipinski definition) is 3. The predicted octanol–water partition coefficient (Wildman–Crippen LogP) is -0.262. The van der Waals surface area contributed by atoms with Gasteiger partial charge in [0.15, 0.2) is 0 Å². The average Bonchev–Trinajstić information content (AvgIpc) is 2.75. The van der Waals surface area contributed by atoms with Crippen molar-refractivity contribution < 1.29 is 9.59 Å². The third-order valence-corrected chi connectivity index (χ3v) is 3.69. The summed E-state index contributed by atoms with van der Waals surface area (Å²) < 4.78 is 0. The number of carbonyl (C=O) groups excluding carboxylic acids is 2. The van der Waals surface area contributed by atoms with E-state index in [1.54, 1.807) is 0 Å². The monoisotopic (exact) mass is 254 g/mol. The van der Waals surface area contributed by atoms with E-state index >= 15 is 0 Å². The van der Waals surface area contributed by atoms with Crippen LogP contribution in [0.1, 0.15) is 26.7 Å². The Morgan fingerprint density at radius 2 is 1.83 bits per heavy atom. The minimum Gasteiger partial charge on any atom is -0.351 e. The topological polar surface area (TPSA) is 78.7 Å². The molecule has 0 aliphatic carbocycles. The van der Waals surface area contributed by atoms with Crippen LogP contribution in [0.15, 0.2) is 0 Å². The van der Waals surface area contributed by atoms with Crippen LogP contribution in [-0.2, 0) is 4.79 Å². The molecule has 0 radical (unpaired) electrons. The first-order valence-corrected chi connectivity index (χ1v) is 6.60. The van der Waals surface area contributed by atoms with Gasteiger partial charge in [-0.25, -0.2) is 4.79 Å². The van der Waals surface area contributed by atoms with Crippen LogP contribution in [0.2, 0.25) is 0 Å². The third-order valence-electron chi connectivity index (χ3n) is 3.69. The number of piperazine rings is 1. The van der Waals surface area contributed by atoms with Crippen molar-refractivity contribution in [2.24, 2.45) is 5.73 Å². The highest BCUT2D eigenvalue weighted by Crippen LogP contribution is 2.20. The zero-order valence-corrected chi connectivity index (χ0v) is 11.1. The number of amides is 3. The fourth-order valence-electron chi connectivity index (χ4n) is 3.00. The normalized spacial score (nSPS) is 32.7. The number of rotatable bonds is 1. The number of primary amides is 1. The molecule has 102 valence electrons. The molecule has 0 spiro atoms. The maximum Gasteiger partial charge on any atom is 0.315 e. The minimum absolute atomic E-state index is 0.0477. The highest BCUT2D eigenvalue weighted by atomic mass is 16.2. The van der Waals surface area contributed by atoms with Crippen molar-refractivity contribution in [1.29, 1.82) is 0 Å². The summed E-state index contributed by atoms with van der Waals surface area (Å²) in [5.41, 5.74) is 5.31. The molecular weight excluding hydrogens is 232 g/mol. The van der Waals surface area contributed by atoms with E-state index in [1.165, 1.54) is 4.90 Å². The highest BCUT2D eigenvalue weighted by Gasteiger charge is 2.37. The molecule has 2 aliphatic rings. The largest absolute Gasteiger partial charge is 0.351 e. The van der Waals surface area contributed by atoms with Gasteiger partial charge >= 0.3 is 6.03 Å². The van der Waals surface area contributed by atoms with E-state index in [-0.39, 0.29) is 11.9 Å². The Labute approximate surface area is 107 Å². The number of likely N-dealkylation sites (tertiary alicyclic amines) is 1. The number of nitrogens with zero attached hydrogens (tertiary/aromatic N) is 2. The van der Waals surface area contributed by atoms with Crippen molar-refractivity contribution in [3.05, 3.63) is 0 Å². The summed E-state index contributed by atoms with van der Waals surface area (Å²) in [5.74, 6) is 0.0477. The van der Waals surface area contributed by atoms with Crippen LogP contribution in [0.3, 0.4) is 0 Å². The molecule has 3 atom stereocenters. The molecule has 18 heavy (non-hydrogen) atoms. The first kappa shape index (κ1) is 13.1. The van der Waals surface area contributed by atoms with E-state index in [0.29, 0.717) is 31.7 Å². The Kier molecular flexibility index (Phi) is 3.75. The second-order valence-corrected chi connectivity index (χ2v) is 5.40. The number of urea groups is 1. The summed E-state index contributed by atoms with van der Waals surface area (Å²) in [4.78, 5) is 27.1. The fraction of sp³-hybridized carbons (Fsp3) is 0.833. The summed E-state index contributed by atoms with van der Waals surface area (Å²) in [6.45, 7) is 6.13. The lowest BCUT2D eigenvalue weighted by Gasteiger charge is -2.38. The Morgan fingerprint density at radius 1 is 1.22 bits per heavy atom. The molecule has 0 unspecified atom stereocenters. The molecule has 2 aliphatic heterocycles. The number of nitrogens with one attached hydrogen (secondary N) is 1. The number of hydrogen-bond donors (Lipinski definition) is 2. The van der Waals surface area contributed by atoms with Crippen LogP contribution in [0.25, 0.3) is 0 Å². The molecular formula is C12H22N4O2. The van der Waals surface area contributed by atoms with E-state index in [0.717, 1.165) is 12.8 Å². The SMILES string of the molecule is C[C@@H]1CN(C(=O)[C@@H]2CCCN2C(N)=O)C[C@H](C)N1. The van der Waals surface area contributed by atoms with Gasteiger partial charge in [0.25, 0.3) is 0 Å². The van der Waals surface area contributed by atoms with Crippen molar-refractivity contribution in [2.45, 2.75) is 44.8 Å². The summed E-state index contributed by atoms with van der Waals surface area (Å²) in [5, 5.41) is 3.39. The molecule has 2 rings (SSSR count). The van der Waals surface area contributed by atoms with Gasteiger partial charge in [0.1, 0.15) is 6.04 Å². The fourth-order valence-corrected chi connectivity index (χ4v) is 3.00. The van der Waals surface area contributed by atoms with Crippen LogP contribution in [0.5, 0.6) is 0 Å². The van der Waals surface area contributed by atoms with E-state index in [2.05, 4.69) is 19.2 Å². The molecule has 0 aromatic rings. The second-order valence-electron chi connectivity index (χ2n) is 5.40. The third kappa shape index (κ3) is 2.58. The molecule has 2 heterocycles. The molecule has 3 amide bonds. The molecule has 2 fully saturated rings. The summed E-state index contributed by atoms with van der Waals surface area (Å²) in [7, 11) is 0. The van der Waals surface area contributed by atoms with Gasteiger partial charge in [0.2, 0.25) is 5.91 Å². The second kappa shape index (κ2) is 5.14. The van der Waals surface area contributed by atoms with Crippen molar-refractivity contribution >= 4 is 11.9 Å². The Bertz CT molecular complexity index is 337. The quantitative estimate of drug-likeness (QED) is 0.676. The maximum atomic E-state index is 12.5. The number of carbonyl (C=O) groups is 2. The molecule has 0 bridgehead atoms. The van der Waals surface area contributed by atoms with E-state index in [9.17, 15) is 9.59 Å². The molecule has 0 aromatic carbocycles. The zero-order valence-electron chi connectivity index (χ0n) is 11.1. The zero-order chi connectivity index (χ0) is 13.3. The van der Waals surface area contributed by atoms with Crippen molar-refractivity contribution in [3.8, 4) is 0 Å². The van der Waals surface area contributed by atoms with Crippen LogP contribution in [0, 0.1) is 0 Å². The first-order chi connectivity index (χ1) is 8.49. The van der Waals surface area contributed by atoms with Crippen LogP contribution in [0.4, 0.5) is 4.79 Å². The lowest BCUT2D eigenvalue weighted by Crippen LogP contribution is -2.59. The van der Waals surface area contributed by atoms with Gasteiger partial charge in [0.05, 0.1) is 0 Å². The van der Waals surface area contributed by atoms with Crippen molar-refractivity contribution in [2.75, 3.05) is 19.6 Å². The van der Waals surface area contributed by atoms with Crippen LogP contribution in [-0.4, -0.2) is 59.5 Å². The van der Waals surface area contributed by atoms with Crippen molar-refractivity contribution in [1.82, 2.24) is 15.1 Å². The van der Waals surface area contributed by atoms with Gasteiger partial charge in [-0.3, -0.25) is 4.79 Å². The average molecular weight is 254 g/mol. The van der Waals surface area contributed by atoms with Gasteiger partial charge in [0, 0.05) is 31.7 Å². The minimum atomic E-state index is -0.484. The Balaban J connectivity index is 2.04. The standard InChI is InChI=1S/C12H22N4O2/c1-8-6-15(7-9(2)14-8)11(17)10-4-3-5-16(10)12(13)18/h8-10,14H,3-7H2,1-2H3,(H2,13,18)/t8-,9+,10-/m0/s1. The van der Waals surface area contributed by atoms with Gasteiger partial charge in [-0.05, 0) is 26.7 Å². The summed E-state index contributed by atoms with van der Waals surface area (Å²) in [6, 6.07) is -0.246. The van der Waals surface area contributed by atoms with Crippen molar-refractivity contribution in [3.63, 3.8) is 0 Å². The van der Waals surface area contributed by atoms with Gasteiger partial charge < -0.3 is 20.9 Å². The van der Waals surface area contributed by atoms with Crippen LogP contribution < -0.4 is 11.1 Å². The Hall–Kier alpha value is -1.30. The maximum absolute atomic E-state index is 12.5. The van der Waals surface area contributed by atoms with Gasteiger partial charge in [-0.15, -0.1) is 0 Å². The summed E-state index contributed by atoms with van der Waals surface area (Å²) >= 11 is 0. The smallest absolute Gasteiger partial charge is 0.315 e. The van der Waals surface area contributed by atoms with E-state index in [1.807, 2.05) is 4.90 Å². The highest BCUT2D eigenvalue weighted by molar-refractivity contribution is 5.87. The first-order valence-electron chi connectivity index (χ1n) is 6.60. The van der Waals surface area contributed by atoms with Crippen LogP contribution >= 0.6 is 0 Å². The van der Waals surface area contributed by atoms with E-state index < -0.39 is 6.03 Å². The Morgan fingerprint density at radius 3 is 2.39 bits per heavy atom. The molecule has 0 aromatic heterocycles. The summed E-state index contributed by atoms with van der Waals surface area (Å²) in [6.07, 6.45) is 1.59. The predicted molar refractivity (Wildman–Crippen MR) is 68.0 cm³/mol. The molecule has 6 nitrogen and oxygen atoms in total.